The van der Waals surface area contributed by atoms with E-state index in [0.717, 1.165) is 42.0 Å². The zero-order valence-electron chi connectivity index (χ0n) is 20.1. The van der Waals surface area contributed by atoms with Gasteiger partial charge in [0.15, 0.2) is 0 Å². The Balaban J connectivity index is 1.98. The number of carbonyl (C=O) groups excluding carboxylic acids is 2. The van der Waals surface area contributed by atoms with E-state index in [2.05, 4.69) is 5.32 Å². The molecule has 0 radical (unpaired) electrons. The molecule has 1 atom stereocenters. The maximum atomic E-state index is 13.5. The number of carbonyl (C=O) groups is 2. The summed E-state index contributed by atoms with van der Waals surface area (Å²) < 4.78 is 26.1. The number of anilines is 1. The quantitative estimate of drug-likeness (QED) is 0.508. The predicted molar refractivity (Wildman–Crippen MR) is 140 cm³/mol. The lowest BCUT2D eigenvalue weighted by atomic mass is 9.95. The number of nitrogens with one attached hydrogen (secondary N) is 1. The molecule has 1 aliphatic carbocycles. The van der Waals surface area contributed by atoms with E-state index in [9.17, 15) is 18.0 Å². The van der Waals surface area contributed by atoms with Crippen LogP contribution in [0.25, 0.3) is 6.08 Å². The summed E-state index contributed by atoms with van der Waals surface area (Å²) in [5, 5.41) is 3.11. The molecule has 2 aromatic rings. The van der Waals surface area contributed by atoms with Crippen LogP contribution in [0.2, 0.25) is 0 Å². The van der Waals surface area contributed by atoms with Gasteiger partial charge in [0.05, 0.1) is 4.90 Å². The Morgan fingerprint density at radius 2 is 1.66 bits per heavy atom. The minimum absolute atomic E-state index is 0.0597. The van der Waals surface area contributed by atoms with Gasteiger partial charge in [-0.05, 0) is 42.7 Å². The van der Waals surface area contributed by atoms with Crippen LogP contribution in [-0.2, 0) is 19.6 Å². The normalized spacial score (nSPS) is 15.8. The van der Waals surface area contributed by atoms with Crippen molar-refractivity contribution in [2.75, 3.05) is 24.9 Å². The average molecular weight is 518 g/mol. The molecule has 1 fully saturated rings. The smallest absolute Gasteiger partial charge is 0.247 e. The number of halogens is 1. The van der Waals surface area contributed by atoms with Crippen molar-refractivity contribution in [2.24, 2.45) is 0 Å². The Morgan fingerprint density at radius 3 is 2.23 bits per heavy atom. The van der Waals surface area contributed by atoms with E-state index in [-0.39, 0.29) is 22.7 Å². The van der Waals surface area contributed by atoms with Gasteiger partial charge >= 0.3 is 0 Å². The van der Waals surface area contributed by atoms with Crippen LogP contribution in [-0.4, -0.2) is 56.6 Å². The third kappa shape index (κ3) is 6.93. The van der Waals surface area contributed by atoms with Crippen molar-refractivity contribution >= 4 is 45.2 Å². The van der Waals surface area contributed by atoms with Crippen molar-refractivity contribution in [1.82, 2.24) is 9.62 Å². The summed E-state index contributed by atoms with van der Waals surface area (Å²) in [5.41, 5.74) is 1.27. The summed E-state index contributed by atoms with van der Waals surface area (Å²) in [6.45, 7) is 0. The average Bonchev–Trinajstić information content (AvgIpc) is 2.87. The lowest BCUT2D eigenvalue weighted by Crippen LogP contribution is -2.52. The van der Waals surface area contributed by atoms with Crippen LogP contribution < -0.4 is 10.2 Å². The first-order valence-electron chi connectivity index (χ1n) is 11.7. The number of rotatable bonds is 9. The zero-order valence-corrected chi connectivity index (χ0v) is 21.6. The first kappa shape index (κ1) is 26.9. The van der Waals surface area contributed by atoms with Gasteiger partial charge in [0.25, 0.3) is 0 Å². The topological polar surface area (TPSA) is 86.8 Å². The van der Waals surface area contributed by atoms with Gasteiger partial charge in [0, 0.05) is 25.8 Å². The molecule has 1 N–H and O–H groups in total. The zero-order chi connectivity index (χ0) is 25.4. The highest BCUT2D eigenvalue weighted by atomic mass is 35.5. The minimum Gasteiger partial charge on any atom is -0.351 e. The van der Waals surface area contributed by atoms with Gasteiger partial charge in [0.2, 0.25) is 21.8 Å². The number of alkyl halides is 1. The Bertz CT molecular complexity index is 1130. The standard InChI is InChI=1S/C26H32ClN3O4S/c1-29(2)35(33,34)23-16-14-22(15-17-23)30(25(31)19-27)24(18-13-20-9-5-3-6-10-20)26(32)28-21-11-7-4-8-12-21/h3,5-6,9-10,13-18,21,24H,4,7-8,11-12,19H2,1-2H3,(H,28,32)/b18-13+. The minimum atomic E-state index is -3.64. The molecular formula is C26H32ClN3O4S. The largest absolute Gasteiger partial charge is 0.351 e. The van der Waals surface area contributed by atoms with E-state index >= 15 is 0 Å². The summed E-state index contributed by atoms with van der Waals surface area (Å²) in [7, 11) is -0.735. The SMILES string of the molecule is CN(C)S(=O)(=O)c1ccc(N(C(=O)CCl)C(/C=C/c2ccccc2)C(=O)NC2CCCCC2)cc1. The number of benzene rings is 2. The summed E-state index contributed by atoms with van der Waals surface area (Å²) in [4.78, 5) is 27.9. The van der Waals surface area contributed by atoms with Crippen molar-refractivity contribution in [3.63, 3.8) is 0 Å². The van der Waals surface area contributed by atoms with Crippen LogP contribution in [0.4, 0.5) is 5.69 Å². The van der Waals surface area contributed by atoms with Gasteiger partial charge < -0.3 is 5.32 Å². The van der Waals surface area contributed by atoms with Crippen molar-refractivity contribution in [2.45, 2.75) is 49.1 Å². The maximum absolute atomic E-state index is 13.5. The highest BCUT2D eigenvalue weighted by molar-refractivity contribution is 7.89. The molecule has 188 valence electrons. The second kappa shape index (κ2) is 12.3. The number of nitrogens with zero attached hydrogens (tertiary/aromatic N) is 2. The molecule has 0 saturated heterocycles. The lowest BCUT2D eigenvalue weighted by molar-refractivity contribution is -0.125. The Kier molecular flexibility index (Phi) is 9.48. The Hall–Kier alpha value is -2.68. The molecule has 0 spiro atoms. The van der Waals surface area contributed by atoms with Crippen LogP contribution in [0.5, 0.6) is 0 Å². The monoisotopic (exact) mass is 517 g/mol. The molecule has 35 heavy (non-hydrogen) atoms. The van der Waals surface area contributed by atoms with Crippen LogP contribution in [0.1, 0.15) is 37.7 Å². The molecule has 1 unspecified atom stereocenters. The van der Waals surface area contributed by atoms with E-state index < -0.39 is 22.0 Å². The van der Waals surface area contributed by atoms with Gasteiger partial charge in [-0.2, -0.15) is 0 Å². The van der Waals surface area contributed by atoms with Crippen molar-refractivity contribution in [3.8, 4) is 0 Å². The molecule has 1 aliphatic rings. The van der Waals surface area contributed by atoms with Crippen molar-refractivity contribution < 1.29 is 18.0 Å². The molecule has 0 aromatic heterocycles. The van der Waals surface area contributed by atoms with Gasteiger partial charge in [0.1, 0.15) is 11.9 Å². The molecule has 3 rings (SSSR count). The fraction of sp³-hybridized carbons (Fsp3) is 0.385. The predicted octanol–water partition coefficient (Wildman–Crippen LogP) is 4.04. The summed E-state index contributed by atoms with van der Waals surface area (Å²) in [6.07, 6.45) is 8.56. The molecule has 1 saturated carbocycles. The molecule has 0 aliphatic heterocycles. The molecule has 0 heterocycles. The second-order valence-corrected chi connectivity index (χ2v) is 11.2. The molecule has 0 bridgehead atoms. The van der Waals surface area contributed by atoms with E-state index in [1.165, 1.54) is 43.3 Å². The number of hydrogen-bond acceptors (Lipinski definition) is 4. The third-order valence-corrected chi connectivity index (χ3v) is 8.10. The lowest BCUT2D eigenvalue weighted by Gasteiger charge is -2.31. The van der Waals surface area contributed by atoms with E-state index in [4.69, 9.17) is 11.6 Å². The molecule has 2 amide bonds. The Morgan fingerprint density at radius 1 is 1.03 bits per heavy atom. The molecule has 9 heteroatoms. The third-order valence-electron chi connectivity index (χ3n) is 6.05. The fourth-order valence-corrected chi connectivity index (χ4v) is 5.13. The number of amides is 2. The van der Waals surface area contributed by atoms with Gasteiger partial charge in [-0.25, -0.2) is 12.7 Å². The maximum Gasteiger partial charge on any atom is 0.247 e. The number of sulfonamides is 1. The number of hydrogen-bond donors (Lipinski definition) is 1. The van der Waals surface area contributed by atoms with E-state index in [1.807, 2.05) is 30.3 Å². The summed E-state index contributed by atoms with van der Waals surface area (Å²) >= 11 is 5.95. The van der Waals surface area contributed by atoms with Gasteiger partial charge in [-0.1, -0.05) is 61.7 Å². The first-order chi connectivity index (χ1) is 16.7. The molecule has 7 nitrogen and oxygen atoms in total. The molecular weight excluding hydrogens is 486 g/mol. The van der Waals surface area contributed by atoms with E-state index in [1.54, 1.807) is 12.2 Å². The Labute approximate surface area is 212 Å². The fourth-order valence-electron chi connectivity index (χ4n) is 4.10. The molecule has 2 aromatic carbocycles. The van der Waals surface area contributed by atoms with Gasteiger partial charge in [-0.15, -0.1) is 11.6 Å². The van der Waals surface area contributed by atoms with Crippen LogP contribution in [0.15, 0.2) is 65.6 Å². The van der Waals surface area contributed by atoms with Gasteiger partial charge in [-0.3, -0.25) is 14.5 Å². The first-order valence-corrected chi connectivity index (χ1v) is 13.7. The van der Waals surface area contributed by atoms with Crippen LogP contribution >= 0.6 is 11.6 Å². The highest BCUT2D eigenvalue weighted by Gasteiger charge is 2.31. The van der Waals surface area contributed by atoms with Crippen LogP contribution in [0.3, 0.4) is 0 Å². The van der Waals surface area contributed by atoms with E-state index in [0.29, 0.717) is 5.69 Å². The second-order valence-electron chi connectivity index (χ2n) is 8.74. The van der Waals surface area contributed by atoms with Crippen molar-refractivity contribution in [3.05, 3.63) is 66.2 Å². The van der Waals surface area contributed by atoms with Crippen molar-refractivity contribution in [1.29, 1.82) is 0 Å². The van der Waals surface area contributed by atoms with Crippen LogP contribution in [0, 0.1) is 0 Å². The summed E-state index contributed by atoms with van der Waals surface area (Å²) in [6, 6.07) is 14.5. The summed E-state index contributed by atoms with van der Waals surface area (Å²) in [5.74, 6) is -1.09. The highest BCUT2D eigenvalue weighted by Crippen LogP contribution is 2.24.